The van der Waals surface area contributed by atoms with Gasteiger partial charge in [-0.3, -0.25) is 0 Å². The third kappa shape index (κ3) is 2.70. The van der Waals surface area contributed by atoms with Crippen molar-refractivity contribution in [2.75, 3.05) is 7.11 Å². The predicted molar refractivity (Wildman–Crippen MR) is 61.9 cm³/mol. The van der Waals surface area contributed by atoms with Gasteiger partial charge in [0.25, 0.3) is 0 Å². The molecule has 0 spiro atoms. The lowest BCUT2D eigenvalue weighted by atomic mass is 10.1. The summed E-state index contributed by atoms with van der Waals surface area (Å²) >= 11 is 0. The Morgan fingerprint density at radius 1 is 1.37 bits per heavy atom. The molecule has 0 saturated heterocycles. The lowest BCUT2D eigenvalue weighted by molar-refractivity contribution is -0.0497. The zero-order valence-corrected chi connectivity index (χ0v) is 9.76. The van der Waals surface area contributed by atoms with Gasteiger partial charge in [0.15, 0.2) is 5.69 Å². The van der Waals surface area contributed by atoms with Crippen molar-refractivity contribution >= 4 is 16.9 Å². The summed E-state index contributed by atoms with van der Waals surface area (Å²) < 4.78 is 33.6. The maximum Gasteiger partial charge on any atom is 0.387 e. The number of aromatic nitrogens is 1. The summed E-state index contributed by atoms with van der Waals surface area (Å²) in [6.07, 6.45) is 0. The number of hydrogen-bond acceptors (Lipinski definition) is 4. The quantitative estimate of drug-likeness (QED) is 0.923. The third-order valence-electron chi connectivity index (χ3n) is 2.41. The molecule has 1 N–H and O–H groups in total. The molecule has 100 valence electrons. The smallest absolute Gasteiger partial charge is 0.387 e. The second-order valence-electron chi connectivity index (χ2n) is 3.57. The summed E-state index contributed by atoms with van der Waals surface area (Å²) in [7, 11) is 1.35. The fraction of sp³-hybridized carbons (Fsp3) is 0.167. The van der Waals surface area contributed by atoms with Crippen LogP contribution in [-0.2, 0) is 0 Å². The van der Waals surface area contributed by atoms with Gasteiger partial charge >= 0.3 is 12.6 Å². The summed E-state index contributed by atoms with van der Waals surface area (Å²) in [5.74, 6) is -1.03. The van der Waals surface area contributed by atoms with Crippen molar-refractivity contribution in [1.82, 2.24) is 4.98 Å². The molecule has 0 amide bonds. The highest BCUT2D eigenvalue weighted by atomic mass is 19.3. The Bertz CT molecular complexity index is 630. The molecule has 2 aromatic rings. The Hall–Kier alpha value is -2.44. The van der Waals surface area contributed by atoms with Crippen LogP contribution in [-0.4, -0.2) is 29.8 Å². The first-order valence-corrected chi connectivity index (χ1v) is 5.18. The summed E-state index contributed by atoms with van der Waals surface area (Å²) in [4.78, 5) is 14.8. The number of carboxylic acids is 1. The molecule has 0 radical (unpaired) electrons. The lowest BCUT2D eigenvalue weighted by Gasteiger charge is -2.09. The van der Waals surface area contributed by atoms with E-state index < -0.39 is 12.6 Å². The van der Waals surface area contributed by atoms with E-state index >= 15 is 0 Å². The minimum atomic E-state index is -2.94. The van der Waals surface area contributed by atoms with E-state index in [4.69, 9.17) is 9.84 Å². The monoisotopic (exact) mass is 269 g/mol. The first kappa shape index (κ1) is 13.0. The van der Waals surface area contributed by atoms with Crippen LogP contribution in [0.1, 0.15) is 10.5 Å². The first-order valence-electron chi connectivity index (χ1n) is 5.18. The average Bonchev–Trinajstić information content (AvgIpc) is 2.36. The van der Waals surface area contributed by atoms with Gasteiger partial charge in [-0.25, -0.2) is 9.78 Å². The molecule has 1 aromatic carbocycles. The number of aromatic carboxylic acids is 1. The summed E-state index contributed by atoms with van der Waals surface area (Å²) in [5.41, 5.74) is 0.130. The van der Waals surface area contributed by atoms with Crippen LogP contribution in [0.15, 0.2) is 24.3 Å². The number of nitrogens with zero attached hydrogens (tertiary/aromatic N) is 1. The van der Waals surface area contributed by atoms with E-state index in [-0.39, 0.29) is 17.2 Å². The minimum Gasteiger partial charge on any atom is -0.496 e. The highest BCUT2D eigenvalue weighted by molar-refractivity contribution is 5.93. The molecule has 0 saturated carbocycles. The predicted octanol–water partition coefficient (Wildman–Crippen LogP) is 2.54. The van der Waals surface area contributed by atoms with Crippen molar-refractivity contribution in [2.24, 2.45) is 0 Å². The highest BCUT2D eigenvalue weighted by Gasteiger charge is 2.13. The largest absolute Gasteiger partial charge is 0.496 e. The van der Waals surface area contributed by atoms with Crippen LogP contribution in [0.5, 0.6) is 11.5 Å². The maximum absolute atomic E-state index is 12.1. The van der Waals surface area contributed by atoms with Crippen molar-refractivity contribution in [3.05, 3.63) is 30.0 Å². The molecule has 0 fully saturated rings. The Morgan fingerprint density at radius 3 is 2.68 bits per heavy atom. The molecule has 0 unspecified atom stereocenters. The molecule has 19 heavy (non-hydrogen) atoms. The van der Waals surface area contributed by atoms with E-state index in [1.165, 1.54) is 31.4 Å². The molecule has 2 rings (SSSR count). The van der Waals surface area contributed by atoms with Gasteiger partial charge in [-0.15, -0.1) is 0 Å². The van der Waals surface area contributed by atoms with Crippen molar-refractivity contribution in [1.29, 1.82) is 0 Å². The normalized spacial score (nSPS) is 10.7. The van der Waals surface area contributed by atoms with Crippen LogP contribution in [0.2, 0.25) is 0 Å². The molecular weight excluding hydrogens is 260 g/mol. The first-order chi connectivity index (χ1) is 9.01. The molecule has 0 aliphatic rings. The summed E-state index contributed by atoms with van der Waals surface area (Å²) in [5, 5.41) is 9.29. The zero-order valence-electron chi connectivity index (χ0n) is 9.76. The average molecular weight is 269 g/mol. The molecule has 0 bridgehead atoms. The summed E-state index contributed by atoms with van der Waals surface area (Å²) in [6, 6.07) is 5.21. The molecule has 0 aliphatic heterocycles. The molecule has 1 heterocycles. The number of pyridine rings is 1. The van der Waals surface area contributed by atoms with Crippen molar-refractivity contribution < 1.29 is 28.2 Å². The number of alkyl halides is 2. The number of hydrogen-bond donors (Lipinski definition) is 1. The van der Waals surface area contributed by atoms with Crippen molar-refractivity contribution in [3.8, 4) is 11.5 Å². The van der Waals surface area contributed by atoms with E-state index in [2.05, 4.69) is 9.72 Å². The molecular formula is C12H9F2NO4. The van der Waals surface area contributed by atoms with Gasteiger partial charge in [0.2, 0.25) is 0 Å². The van der Waals surface area contributed by atoms with Crippen LogP contribution < -0.4 is 9.47 Å². The van der Waals surface area contributed by atoms with Gasteiger partial charge < -0.3 is 14.6 Å². The van der Waals surface area contributed by atoms with E-state index in [9.17, 15) is 13.6 Å². The van der Waals surface area contributed by atoms with Gasteiger partial charge in [0.05, 0.1) is 12.6 Å². The Kier molecular flexibility index (Phi) is 3.46. The number of carboxylic acid groups (broad SMARTS) is 1. The molecule has 5 nitrogen and oxygen atoms in total. The standard InChI is InChI=1S/C12H9F2NO4/c1-18-10-5-9(11(16)17)15-8-3-2-6(4-7(8)10)19-12(13)14/h2-5,12H,1H3,(H,16,17). The number of rotatable bonds is 4. The van der Waals surface area contributed by atoms with E-state index in [0.717, 1.165) is 0 Å². The SMILES string of the molecule is COc1cc(C(=O)O)nc2ccc(OC(F)F)cc12. The topological polar surface area (TPSA) is 68.7 Å². The van der Waals surface area contributed by atoms with E-state index in [0.29, 0.717) is 10.9 Å². The van der Waals surface area contributed by atoms with E-state index in [1.807, 2.05) is 0 Å². The molecule has 7 heteroatoms. The van der Waals surface area contributed by atoms with E-state index in [1.54, 1.807) is 0 Å². The molecule has 1 aromatic heterocycles. The van der Waals surface area contributed by atoms with Crippen LogP contribution in [0.25, 0.3) is 10.9 Å². The van der Waals surface area contributed by atoms with Crippen LogP contribution in [0.3, 0.4) is 0 Å². The van der Waals surface area contributed by atoms with Gasteiger partial charge in [-0.05, 0) is 18.2 Å². The van der Waals surface area contributed by atoms with Crippen molar-refractivity contribution in [2.45, 2.75) is 6.61 Å². The second kappa shape index (κ2) is 5.05. The van der Waals surface area contributed by atoms with Gasteiger partial charge in [-0.1, -0.05) is 0 Å². The molecule has 0 atom stereocenters. The second-order valence-corrected chi connectivity index (χ2v) is 3.57. The van der Waals surface area contributed by atoms with Crippen LogP contribution in [0, 0.1) is 0 Å². The lowest BCUT2D eigenvalue weighted by Crippen LogP contribution is -2.03. The zero-order chi connectivity index (χ0) is 14.0. The van der Waals surface area contributed by atoms with Gasteiger partial charge in [-0.2, -0.15) is 8.78 Å². The minimum absolute atomic E-state index is 0.0503. The Labute approximate surface area is 106 Å². The highest BCUT2D eigenvalue weighted by Crippen LogP contribution is 2.29. The number of methoxy groups -OCH3 is 1. The number of benzene rings is 1. The van der Waals surface area contributed by atoms with Crippen LogP contribution in [0.4, 0.5) is 8.78 Å². The summed E-state index contributed by atoms with van der Waals surface area (Å²) in [6.45, 7) is -2.94. The van der Waals surface area contributed by atoms with Gasteiger partial charge in [0, 0.05) is 11.5 Å². The number of halogens is 2. The Morgan fingerprint density at radius 2 is 2.11 bits per heavy atom. The van der Waals surface area contributed by atoms with Crippen LogP contribution >= 0.6 is 0 Å². The fourth-order valence-electron chi connectivity index (χ4n) is 1.63. The third-order valence-corrected chi connectivity index (χ3v) is 2.41. The molecule has 0 aliphatic carbocycles. The number of ether oxygens (including phenoxy) is 2. The number of fused-ring (bicyclic) bond motifs is 1. The van der Waals surface area contributed by atoms with Gasteiger partial charge in [0.1, 0.15) is 11.5 Å². The van der Waals surface area contributed by atoms with Crippen molar-refractivity contribution in [3.63, 3.8) is 0 Å². The maximum atomic E-state index is 12.1. The Balaban J connectivity index is 2.58. The fourth-order valence-corrected chi connectivity index (χ4v) is 1.63. The number of carbonyl (C=O) groups is 1.